The van der Waals surface area contributed by atoms with Gasteiger partial charge < -0.3 is 19.6 Å². The number of ether oxygens (including phenoxy) is 1. The molecule has 4 rings (SSSR count). The van der Waals surface area contributed by atoms with E-state index in [9.17, 15) is 9.82 Å². The average Bonchev–Trinajstić information content (AvgIpc) is 3.34. The lowest BCUT2D eigenvalue weighted by Gasteiger charge is -2.16. The number of H-pyrrole nitrogens is 1. The van der Waals surface area contributed by atoms with Gasteiger partial charge in [0.1, 0.15) is 0 Å². The summed E-state index contributed by atoms with van der Waals surface area (Å²) in [7, 11) is 0.968. The summed E-state index contributed by atoms with van der Waals surface area (Å²) in [6, 6.07) is 14.1. The van der Waals surface area contributed by atoms with E-state index < -0.39 is 7.05 Å². The van der Waals surface area contributed by atoms with Crippen LogP contribution in [0, 0.1) is 0 Å². The summed E-state index contributed by atoms with van der Waals surface area (Å²) >= 11 is 0. The molecular formula is C21H23BN2O3. The molecule has 27 heavy (non-hydrogen) atoms. The molecule has 1 fully saturated rings. The van der Waals surface area contributed by atoms with Gasteiger partial charge in [0.05, 0.1) is 18.2 Å². The molecule has 0 spiro atoms. The van der Waals surface area contributed by atoms with E-state index in [-0.39, 0.29) is 5.97 Å². The molecule has 1 atom stereocenters. The van der Waals surface area contributed by atoms with Crippen LogP contribution in [0.1, 0.15) is 28.3 Å². The predicted octanol–water partition coefficient (Wildman–Crippen LogP) is 3.52. The molecule has 0 radical (unpaired) electrons. The lowest BCUT2D eigenvalue weighted by Crippen LogP contribution is -2.34. The summed E-state index contributed by atoms with van der Waals surface area (Å²) in [4.78, 5) is 17.8. The van der Waals surface area contributed by atoms with Gasteiger partial charge in [0, 0.05) is 11.6 Å². The summed E-state index contributed by atoms with van der Waals surface area (Å²) in [6.07, 6.45) is 2.99. The second-order valence-corrected chi connectivity index (χ2v) is 7.16. The zero-order valence-electron chi connectivity index (χ0n) is 15.6. The van der Waals surface area contributed by atoms with Gasteiger partial charge in [-0.25, -0.2) is 4.79 Å². The summed E-state index contributed by atoms with van der Waals surface area (Å²) in [5, 5.41) is 10.9. The minimum Gasteiger partial charge on any atom is -0.465 e. The third-order valence-corrected chi connectivity index (χ3v) is 5.52. The van der Waals surface area contributed by atoms with E-state index in [1.807, 2.05) is 42.6 Å². The highest BCUT2D eigenvalue weighted by atomic mass is 16.5. The largest absolute Gasteiger partial charge is 0.465 e. The van der Waals surface area contributed by atoms with Gasteiger partial charge in [-0.1, -0.05) is 30.3 Å². The Morgan fingerprint density at radius 1 is 1.26 bits per heavy atom. The third kappa shape index (κ3) is 3.26. The maximum Gasteiger partial charge on any atom is 0.376 e. The number of fused-ring (bicyclic) bond motifs is 1. The van der Waals surface area contributed by atoms with Gasteiger partial charge in [-0.15, -0.1) is 0 Å². The van der Waals surface area contributed by atoms with Crippen molar-refractivity contribution in [3.05, 3.63) is 59.8 Å². The molecule has 5 nitrogen and oxygen atoms in total. The number of aromatic nitrogens is 1. The highest BCUT2D eigenvalue weighted by molar-refractivity contribution is 6.45. The van der Waals surface area contributed by atoms with Crippen molar-refractivity contribution < 1.29 is 14.6 Å². The molecule has 1 saturated heterocycles. The van der Waals surface area contributed by atoms with E-state index in [1.54, 1.807) is 6.82 Å². The molecule has 1 aromatic heterocycles. The minimum absolute atomic E-state index is 0.324. The minimum atomic E-state index is -0.439. The SMILES string of the molecule is COC(=O)c1cc(-c2ccccc2)cc2c(C3CCN(B(C)O)C3)c[nH]c12. The van der Waals surface area contributed by atoms with Crippen molar-refractivity contribution in [3.8, 4) is 11.1 Å². The molecule has 0 aliphatic carbocycles. The monoisotopic (exact) mass is 362 g/mol. The third-order valence-electron chi connectivity index (χ3n) is 5.52. The molecule has 0 bridgehead atoms. The van der Waals surface area contributed by atoms with Crippen LogP contribution < -0.4 is 0 Å². The predicted molar refractivity (Wildman–Crippen MR) is 108 cm³/mol. The Morgan fingerprint density at radius 3 is 2.70 bits per heavy atom. The Balaban J connectivity index is 1.84. The summed E-state index contributed by atoms with van der Waals surface area (Å²) in [5.74, 6) is -0.0203. The number of hydrogen-bond donors (Lipinski definition) is 2. The van der Waals surface area contributed by atoms with Crippen LogP contribution in [0.4, 0.5) is 0 Å². The fourth-order valence-electron chi connectivity index (χ4n) is 4.04. The Hall–Kier alpha value is -2.57. The summed E-state index contributed by atoms with van der Waals surface area (Å²) in [5.41, 5.74) is 4.61. The number of nitrogens with zero attached hydrogens (tertiary/aromatic N) is 1. The standard InChI is InChI=1S/C21H23BN2O3/c1-22(26)24-9-8-15(13-24)19-12-23-20-17(19)10-16(11-18(20)21(25)27-2)14-6-4-3-5-7-14/h3-7,10-12,15,23,26H,8-9,13H2,1-2H3. The van der Waals surface area contributed by atoms with Crippen LogP contribution in [-0.4, -0.2) is 48.0 Å². The van der Waals surface area contributed by atoms with E-state index in [0.717, 1.165) is 41.5 Å². The molecule has 6 heteroatoms. The molecule has 2 heterocycles. The molecule has 1 aliphatic rings. The Labute approximate surface area is 159 Å². The number of esters is 1. The van der Waals surface area contributed by atoms with Crippen LogP contribution in [0.15, 0.2) is 48.7 Å². The first-order chi connectivity index (χ1) is 13.1. The molecular weight excluding hydrogens is 339 g/mol. The van der Waals surface area contributed by atoms with E-state index >= 15 is 0 Å². The molecule has 2 N–H and O–H groups in total. The van der Waals surface area contributed by atoms with Gasteiger partial charge in [0.2, 0.25) is 0 Å². The van der Waals surface area contributed by atoms with Crippen LogP contribution in [0.5, 0.6) is 0 Å². The van der Waals surface area contributed by atoms with Crippen LogP contribution >= 0.6 is 0 Å². The summed E-state index contributed by atoms with van der Waals surface area (Å²) in [6.45, 7) is 3.49. The van der Waals surface area contributed by atoms with Crippen molar-refractivity contribution in [1.29, 1.82) is 0 Å². The molecule has 3 aromatic rings. The fourth-order valence-corrected chi connectivity index (χ4v) is 4.04. The fraction of sp³-hybridized carbons (Fsp3) is 0.286. The van der Waals surface area contributed by atoms with Crippen molar-refractivity contribution in [1.82, 2.24) is 9.79 Å². The zero-order chi connectivity index (χ0) is 19.0. The smallest absolute Gasteiger partial charge is 0.376 e. The number of benzene rings is 2. The number of methoxy groups -OCH3 is 1. The number of hydrogen-bond acceptors (Lipinski definition) is 4. The molecule has 2 aromatic carbocycles. The van der Waals surface area contributed by atoms with Crippen molar-refractivity contribution in [2.75, 3.05) is 20.2 Å². The first kappa shape index (κ1) is 17.8. The van der Waals surface area contributed by atoms with Crippen molar-refractivity contribution in [2.24, 2.45) is 0 Å². The van der Waals surface area contributed by atoms with E-state index in [1.165, 1.54) is 12.7 Å². The number of aromatic amines is 1. The molecule has 138 valence electrons. The average molecular weight is 362 g/mol. The maximum atomic E-state index is 12.4. The quantitative estimate of drug-likeness (QED) is 0.551. The van der Waals surface area contributed by atoms with Gasteiger partial charge in [-0.2, -0.15) is 0 Å². The first-order valence-electron chi connectivity index (χ1n) is 9.29. The van der Waals surface area contributed by atoms with Crippen molar-refractivity contribution in [2.45, 2.75) is 19.2 Å². The number of nitrogens with one attached hydrogen (secondary N) is 1. The van der Waals surface area contributed by atoms with E-state index in [0.29, 0.717) is 11.5 Å². The maximum absolute atomic E-state index is 12.4. The Kier molecular flexibility index (Phi) is 4.76. The van der Waals surface area contributed by atoms with Gasteiger partial charge in [0.15, 0.2) is 0 Å². The van der Waals surface area contributed by atoms with Crippen LogP contribution in [0.2, 0.25) is 6.82 Å². The normalized spacial score (nSPS) is 17.4. The molecule has 0 saturated carbocycles. The van der Waals surface area contributed by atoms with Crippen molar-refractivity contribution >= 4 is 23.9 Å². The molecule has 1 unspecified atom stereocenters. The van der Waals surface area contributed by atoms with Gasteiger partial charge >= 0.3 is 13.0 Å². The van der Waals surface area contributed by atoms with Crippen LogP contribution in [-0.2, 0) is 4.74 Å². The van der Waals surface area contributed by atoms with E-state index in [2.05, 4.69) is 15.9 Å². The summed E-state index contributed by atoms with van der Waals surface area (Å²) < 4.78 is 5.02. The first-order valence-corrected chi connectivity index (χ1v) is 9.29. The Morgan fingerprint density at radius 2 is 2.04 bits per heavy atom. The highest BCUT2D eigenvalue weighted by Crippen LogP contribution is 2.36. The Bertz CT molecular complexity index is 968. The van der Waals surface area contributed by atoms with E-state index in [4.69, 9.17) is 4.74 Å². The lowest BCUT2D eigenvalue weighted by atomic mass is 9.85. The zero-order valence-corrected chi connectivity index (χ0v) is 15.6. The second-order valence-electron chi connectivity index (χ2n) is 7.16. The molecule has 1 aliphatic heterocycles. The highest BCUT2D eigenvalue weighted by Gasteiger charge is 2.30. The van der Waals surface area contributed by atoms with Crippen LogP contribution in [0.25, 0.3) is 22.0 Å². The van der Waals surface area contributed by atoms with Gasteiger partial charge in [-0.05, 0) is 61.1 Å². The van der Waals surface area contributed by atoms with Crippen molar-refractivity contribution in [3.63, 3.8) is 0 Å². The number of carbonyl (C=O) groups excluding carboxylic acids is 1. The van der Waals surface area contributed by atoms with Gasteiger partial charge in [0.25, 0.3) is 0 Å². The number of rotatable bonds is 4. The van der Waals surface area contributed by atoms with Crippen LogP contribution in [0.3, 0.4) is 0 Å². The molecule has 0 amide bonds. The second kappa shape index (κ2) is 7.21. The topological polar surface area (TPSA) is 65.6 Å². The number of carbonyl (C=O) groups is 1. The van der Waals surface area contributed by atoms with Gasteiger partial charge in [-0.3, -0.25) is 0 Å². The lowest BCUT2D eigenvalue weighted by molar-refractivity contribution is 0.0603.